The lowest BCUT2D eigenvalue weighted by molar-refractivity contribution is 0.566. The van der Waals surface area contributed by atoms with E-state index in [1.807, 2.05) is 0 Å². The van der Waals surface area contributed by atoms with Crippen molar-refractivity contribution in [2.45, 2.75) is 32.1 Å². The maximum atomic E-state index is 5.68. The van der Waals surface area contributed by atoms with Crippen molar-refractivity contribution in [1.82, 2.24) is 4.98 Å². The molecular formula is C14H20N2. The van der Waals surface area contributed by atoms with E-state index in [0.29, 0.717) is 5.92 Å². The Morgan fingerprint density at radius 3 is 2.75 bits per heavy atom. The molecule has 0 radical (unpaired) electrons. The minimum Gasteiger partial charge on any atom is -0.358 e. The summed E-state index contributed by atoms with van der Waals surface area (Å²) in [5.74, 6) is 0.586. The van der Waals surface area contributed by atoms with Crippen LogP contribution in [0, 0.1) is 0 Å². The Bertz CT molecular complexity index is 406. The lowest BCUT2D eigenvalue weighted by Crippen LogP contribution is -2.07. The quantitative estimate of drug-likeness (QED) is 0.790. The molecule has 0 aliphatic heterocycles. The molecule has 1 atom stereocenters. The molecule has 3 N–H and O–H groups in total. The van der Waals surface area contributed by atoms with E-state index in [9.17, 15) is 0 Å². The van der Waals surface area contributed by atoms with Gasteiger partial charge in [-0.25, -0.2) is 0 Å². The molecule has 2 heteroatoms. The third-order valence-corrected chi connectivity index (χ3v) is 3.14. The molecule has 2 nitrogen and oxygen atoms in total. The van der Waals surface area contributed by atoms with Crippen molar-refractivity contribution in [2.24, 2.45) is 5.73 Å². The monoisotopic (exact) mass is 216 g/mol. The van der Waals surface area contributed by atoms with E-state index in [4.69, 9.17) is 5.73 Å². The van der Waals surface area contributed by atoms with Gasteiger partial charge in [-0.3, -0.25) is 0 Å². The van der Waals surface area contributed by atoms with Gasteiger partial charge in [0.15, 0.2) is 0 Å². The Labute approximate surface area is 96.9 Å². The number of nitrogens with one attached hydrogen (secondary N) is 1. The molecular weight excluding hydrogens is 196 g/mol. The predicted octanol–water partition coefficient (Wildman–Crippen LogP) is 3.40. The van der Waals surface area contributed by atoms with Crippen LogP contribution in [0.5, 0.6) is 0 Å². The van der Waals surface area contributed by atoms with Gasteiger partial charge in [0.25, 0.3) is 0 Å². The van der Waals surface area contributed by atoms with Crippen LogP contribution in [-0.4, -0.2) is 11.5 Å². The van der Waals surface area contributed by atoms with Gasteiger partial charge in [0.2, 0.25) is 0 Å². The van der Waals surface area contributed by atoms with Crippen LogP contribution in [0.3, 0.4) is 0 Å². The highest BCUT2D eigenvalue weighted by atomic mass is 14.7. The molecule has 1 aromatic carbocycles. The average Bonchev–Trinajstić information content (AvgIpc) is 2.72. The van der Waals surface area contributed by atoms with Crippen molar-refractivity contribution >= 4 is 10.9 Å². The summed E-state index contributed by atoms with van der Waals surface area (Å²) in [7, 11) is 0. The van der Waals surface area contributed by atoms with Crippen molar-refractivity contribution < 1.29 is 0 Å². The molecule has 2 aromatic rings. The van der Waals surface area contributed by atoms with Crippen molar-refractivity contribution in [3.8, 4) is 0 Å². The molecule has 1 heterocycles. The standard InChI is InChI=1S/C14H20N2/c1-2-5-11(8-9-15)14-10-12-6-3-4-7-13(12)16-14/h3-4,6-7,10-11,16H,2,5,8-9,15H2,1H3. The van der Waals surface area contributed by atoms with E-state index in [0.717, 1.165) is 13.0 Å². The molecule has 0 aliphatic carbocycles. The lowest BCUT2D eigenvalue weighted by atomic mass is 9.96. The highest BCUT2D eigenvalue weighted by Crippen LogP contribution is 2.26. The summed E-state index contributed by atoms with van der Waals surface area (Å²) in [6.45, 7) is 2.99. The largest absolute Gasteiger partial charge is 0.358 e. The van der Waals surface area contributed by atoms with Crippen LogP contribution in [0.25, 0.3) is 10.9 Å². The number of hydrogen-bond acceptors (Lipinski definition) is 1. The number of fused-ring (bicyclic) bond motifs is 1. The fourth-order valence-corrected chi connectivity index (χ4v) is 2.32. The first-order valence-corrected chi connectivity index (χ1v) is 6.13. The number of rotatable bonds is 5. The summed E-state index contributed by atoms with van der Waals surface area (Å²) < 4.78 is 0. The molecule has 0 amide bonds. The van der Waals surface area contributed by atoms with Gasteiger partial charge in [0, 0.05) is 17.1 Å². The zero-order valence-electron chi connectivity index (χ0n) is 9.87. The number of aromatic amines is 1. The van der Waals surface area contributed by atoms with Crippen molar-refractivity contribution in [2.75, 3.05) is 6.54 Å². The second kappa shape index (κ2) is 5.17. The molecule has 0 spiro atoms. The van der Waals surface area contributed by atoms with Gasteiger partial charge in [-0.05, 0) is 36.9 Å². The first kappa shape index (κ1) is 11.2. The Kier molecular flexibility index (Phi) is 3.62. The first-order valence-electron chi connectivity index (χ1n) is 6.13. The Morgan fingerprint density at radius 1 is 1.25 bits per heavy atom. The van der Waals surface area contributed by atoms with Crippen LogP contribution in [0.1, 0.15) is 37.8 Å². The van der Waals surface area contributed by atoms with Crippen molar-refractivity contribution in [3.63, 3.8) is 0 Å². The van der Waals surface area contributed by atoms with Gasteiger partial charge < -0.3 is 10.7 Å². The Hall–Kier alpha value is -1.28. The number of hydrogen-bond donors (Lipinski definition) is 2. The number of benzene rings is 1. The minimum absolute atomic E-state index is 0.586. The second-order valence-corrected chi connectivity index (χ2v) is 4.37. The smallest absolute Gasteiger partial charge is 0.0456 e. The normalized spacial score (nSPS) is 13.1. The predicted molar refractivity (Wildman–Crippen MR) is 69.6 cm³/mol. The maximum absolute atomic E-state index is 5.68. The molecule has 0 saturated carbocycles. The summed E-state index contributed by atoms with van der Waals surface area (Å²) in [4.78, 5) is 3.51. The summed E-state index contributed by atoms with van der Waals surface area (Å²) in [6.07, 6.45) is 3.49. The van der Waals surface area contributed by atoms with Gasteiger partial charge in [-0.2, -0.15) is 0 Å². The van der Waals surface area contributed by atoms with Gasteiger partial charge >= 0.3 is 0 Å². The number of aromatic nitrogens is 1. The summed E-state index contributed by atoms with van der Waals surface area (Å²) >= 11 is 0. The van der Waals surface area contributed by atoms with E-state index in [2.05, 4.69) is 42.2 Å². The highest BCUT2D eigenvalue weighted by molar-refractivity contribution is 5.80. The van der Waals surface area contributed by atoms with Crippen LogP contribution in [-0.2, 0) is 0 Å². The van der Waals surface area contributed by atoms with Crippen molar-refractivity contribution in [1.29, 1.82) is 0 Å². The third-order valence-electron chi connectivity index (χ3n) is 3.14. The molecule has 1 aromatic heterocycles. The van der Waals surface area contributed by atoms with Crippen LogP contribution in [0.15, 0.2) is 30.3 Å². The number of nitrogens with two attached hydrogens (primary N) is 1. The van der Waals surface area contributed by atoms with Crippen LogP contribution in [0.2, 0.25) is 0 Å². The van der Waals surface area contributed by atoms with Gasteiger partial charge in [-0.1, -0.05) is 31.5 Å². The first-order chi connectivity index (χ1) is 7.85. The molecule has 0 saturated heterocycles. The summed E-state index contributed by atoms with van der Waals surface area (Å²) in [5, 5.41) is 1.30. The van der Waals surface area contributed by atoms with E-state index in [1.165, 1.54) is 29.4 Å². The summed E-state index contributed by atoms with van der Waals surface area (Å²) in [6, 6.07) is 10.7. The van der Waals surface area contributed by atoms with E-state index >= 15 is 0 Å². The zero-order chi connectivity index (χ0) is 11.4. The topological polar surface area (TPSA) is 41.8 Å². The second-order valence-electron chi connectivity index (χ2n) is 4.37. The fraction of sp³-hybridized carbons (Fsp3) is 0.429. The van der Waals surface area contributed by atoms with E-state index in [1.54, 1.807) is 0 Å². The SMILES string of the molecule is CCCC(CCN)c1cc2ccccc2[nH]1. The van der Waals surface area contributed by atoms with E-state index in [-0.39, 0.29) is 0 Å². The maximum Gasteiger partial charge on any atom is 0.0456 e. The highest BCUT2D eigenvalue weighted by Gasteiger charge is 2.12. The molecule has 0 aliphatic rings. The van der Waals surface area contributed by atoms with E-state index < -0.39 is 0 Å². The van der Waals surface area contributed by atoms with Crippen LogP contribution in [0.4, 0.5) is 0 Å². The molecule has 86 valence electrons. The Balaban J connectivity index is 2.29. The van der Waals surface area contributed by atoms with Crippen molar-refractivity contribution in [3.05, 3.63) is 36.0 Å². The van der Waals surface area contributed by atoms with Gasteiger partial charge in [-0.15, -0.1) is 0 Å². The molecule has 16 heavy (non-hydrogen) atoms. The zero-order valence-corrected chi connectivity index (χ0v) is 9.87. The fourth-order valence-electron chi connectivity index (χ4n) is 2.32. The molecule has 2 rings (SSSR count). The molecule has 1 unspecified atom stereocenters. The van der Waals surface area contributed by atoms with Crippen LogP contribution < -0.4 is 5.73 Å². The van der Waals surface area contributed by atoms with Gasteiger partial charge in [0.1, 0.15) is 0 Å². The minimum atomic E-state index is 0.586. The lowest BCUT2D eigenvalue weighted by Gasteiger charge is -2.12. The molecule has 0 fully saturated rings. The third kappa shape index (κ3) is 2.27. The number of H-pyrrole nitrogens is 1. The number of para-hydroxylation sites is 1. The Morgan fingerprint density at radius 2 is 2.06 bits per heavy atom. The average molecular weight is 216 g/mol. The molecule has 0 bridgehead atoms. The summed E-state index contributed by atoms with van der Waals surface area (Å²) in [5.41, 5.74) is 8.25. The van der Waals surface area contributed by atoms with Crippen LogP contribution >= 0.6 is 0 Å². The van der Waals surface area contributed by atoms with Gasteiger partial charge in [0.05, 0.1) is 0 Å².